The number of methoxy groups -OCH3 is 2. The third-order valence-corrected chi connectivity index (χ3v) is 9.67. The van der Waals surface area contributed by atoms with Crippen LogP contribution in [0.15, 0.2) is 78.0 Å². The molecule has 1 fully saturated rings. The fourth-order valence-corrected chi connectivity index (χ4v) is 7.18. The number of benzene rings is 2. The molecule has 2 aromatic rings. The Morgan fingerprint density at radius 3 is 2.57 bits per heavy atom. The first-order chi connectivity index (χ1) is 22.8. The molecule has 47 heavy (non-hydrogen) atoms. The molecule has 1 saturated heterocycles. The second-order valence-corrected chi connectivity index (χ2v) is 12.7. The lowest BCUT2D eigenvalue weighted by Gasteiger charge is -2.51. The number of carbonyl (C=O) groups excluding carboxylic acids is 3. The first-order valence-corrected chi connectivity index (χ1v) is 16.8. The molecule has 0 aromatic heterocycles. The van der Waals surface area contributed by atoms with E-state index >= 15 is 0 Å². The predicted octanol–water partition coefficient (Wildman–Crippen LogP) is 5.53. The molecule has 5 rings (SSSR count). The summed E-state index contributed by atoms with van der Waals surface area (Å²) in [7, 11) is 2.99. The number of hydrogen-bond donors (Lipinski definition) is 1. The van der Waals surface area contributed by atoms with Gasteiger partial charge in [-0.1, -0.05) is 60.2 Å². The summed E-state index contributed by atoms with van der Waals surface area (Å²) in [5.41, 5.74) is 2.73. The van der Waals surface area contributed by atoms with E-state index in [2.05, 4.69) is 11.4 Å². The van der Waals surface area contributed by atoms with Crippen LogP contribution in [-0.2, 0) is 41.6 Å². The summed E-state index contributed by atoms with van der Waals surface area (Å²) in [4.78, 5) is 43.1. The highest BCUT2D eigenvalue weighted by Gasteiger charge is 2.59. The van der Waals surface area contributed by atoms with Crippen LogP contribution in [0, 0.1) is 11.3 Å². The van der Waals surface area contributed by atoms with E-state index in [9.17, 15) is 14.4 Å². The van der Waals surface area contributed by atoms with Crippen LogP contribution in [0.5, 0.6) is 5.75 Å². The Bertz CT molecular complexity index is 1450. The minimum absolute atomic E-state index is 0.0354. The van der Waals surface area contributed by atoms with Crippen molar-refractivity contribution in [2.24, 2.45) is 11.3 Å². The third kappa shape index (κ3) is 8.14. The lowest BCUT2D eigenvalue weighted by molar-refractivity contribution is -0.178. The number of piperidine rings is 1. The normalized spacial score (nSPS) is 24.1. The van der Waals surface area contributed by atoms with Crippen molar-refractivity contribution < 1.29 is 33.3 Å². The Morgan fingerprint density at radius 2 is 1.83 bits per heavy atom. The second-order valence-electron chi connectivity index (χ2n) is 12.7. The van der Waals surface area contributed by atoms with E-state index in [0.717, 1.165) is 36.1 Å². The van der Waals surface area contributed by atoms with Gasteiger partial charge in [-0.2, -0.15) is 0 Å². The lowest BCUT2D eigenvalue weighted by atomic mass is 9.66. The van der Waals surface area contributed by atoms with Gasteiger partial charge in [-0.05, 0) is 75.1 Å². The number of esters is 1. The number of ether oxygens (including phenoxy) is 4. The Labute approximate surface area is 278 Å². The molecular weight excluding hydrogens is 596 g/mol. The quantitative estimate of drug-likeness (QED) is 0.213. The number of amides is 2. The molecule has 3 aliphatic rings. The zero-order chi connectivity index (χ0) is 33.2. The Hall–Kier alpha value is -3.95. The van der Waals surface area contributed by atoms with Crippen LogP contribution >= 0.6 is 0 Å². The highest BCUT2D eigenvalue weighted by atomic mass is 16.6. The molecule has 0 spiro atoms. The van der Waals surface area contributed by atoms with E-state index in [4.69, 9.17) is 18.9 Å². The topological polar surface area (TPSA) is 103 Å². The fraction of sp³-hybridized carbons (Fsp3) is 0.500. The molecule has 2 aliphatic heterocycles. The summed E-state index contributed by atoms with van der Waals surface area (Å²) < 4.78 is 23.3. The van der Waals surface area contributed by atoms with Crippen molar-refractivity contribution in [3.63, 3.8) is 0 Å². The van der Waals surface area contributed by atoms with E-state index in [1.165, 1.54) is 19.1 Å². The maximum absolute atomic E-state index is 14.3. The van der Waals surface area contributed by atoms with Gasteiger partial charge in [0.05, 0.1) is 33.5 Å². The van der Waals surface area contributed by atoms with Crippen LogP contribution in [0.1, 0.15) is 63.0 Å². The van der Waals surface area contributed by atoms with Gasteiger partial charge in [0, 0.05) is 31.1 Å². The van der Waals surface area contributed by atoms with Crippen LogP contribution in [0.4, 0.5) is 0 Å². The summed E-state index contributed by atoms with van der Waals surface area (Å²) in [5.74, 6) is -0.796. The molecule has 0 unspecified atom stereocenters. The highest BCUT2D eigenvalue weighted by molar-refractivity contribution is 5.92. The van der Waals surface area contributed by atoms with Gasteiger partial charge in [0.15, 0.2) is 0 Å². The summed E-state index contributed by atoms with van der Waals surface area (Å²) in [5, 5.41) is 2.98. The number of rotatable bonds is 14. The number of nitrogens with one attached hydrogen (secondary N) is 1. The SMILES string of the molecule is COC(=O)[C@]12C[C@H](CC(=O)NCCc3ccccc3OC)C(=O)N(CCC3=CCCCC3)C1=C[C@H](COCc1ccccc1)O[C@@H]2C. The van der Waals surface area contributed by atoms with E-state index in [0.29, 0.717) is 38.2 Å². The lowest BCUT2D eigenvalue weighted by Crippen LogP contribution is -2.60. The molecule has 9 nitrogen and oxygen atoms in total. The van der Waals surface area contributed by atoms with Crippen LogP contribution < -0.4 is 10.1 Å². The fourth-order valence-electron chi connectivity index (χ4n) is 7.18. The second kappa shape index (κ2) is 16.2. The van der Waals surface area contributed by atoms with Crippen molar-refractivity contribution in [1.82, 2.24) is 10.2 Å². The van der Waals surface area contributed by atoms with E-state index in [1.807, 2.05) is 67.6 Å². The zero-order valence-electron chi connectivity index (χ0n) is 27.9. The number of carbonyl (C=O) groups is 3. The Balaban J connectivity index is 1.36. The average Bonchev–Trinajstić information content (AvgIpc) is 3.09. The van der Waals surface area contributed by atoms with Crippen molar-refractivity contribution in [1.29, 1.82) is 0 Å². The molecule has 1 N–H and O–H groups in total. The molecule has 2 amide bonds. The smallest absolute Gasteiger partial charge is 0.320 e. The summed E-state index contributed by atoms with van der Waals surface area (Å²) in [6.07, 6.45) is 8.84. The molecule has 0 saturated carbocycles. The molecule has 2 aromatic carbocycles. The number of fused-ring (bicyclic) bond motifs is 1. The standard InChI is InChI=1S/C38H48N2O7/c1-27-38(37(43)45-3)24-31(22-35(41)39-20-18-30-16-10-11-17-33(30)44-2)36(42)40(21-19-28-12-6-4-7-13-28)34(38)23-32(47-27)26-46-25-29-14-8-5-9-15-29/h5,8-12,14-17,23,27,31-32H,4,6-7,13,18-22,24-26H2,1-3H3,(H,39,41)/t27-,31+,32-,38+/m1/s1. The van der Waals surface area contributed by atoms with Gasteiger partial charge < -0.3 is 29.2 Å². The van der Waals surface area contributed by atoms with Gasteiger partial charge in [0.2, 0.25) is 11.8 Å². The highest BCUT2D eigenvalue weighted by Crippen LogP contribution is 2.50. The molecule has 9 heteroatoms. The summed E-state index contributed by atoms with van der Waals surface area (Å²) >= 11 is 0. The first kappa shape index (κ1) is 34.4. The number of allylic oxidation sites excluding steroid dienone is 1. The van der Waals surface area contributed by atoms with Gasteiger partial charge in [0.1, 0.15) is 17.3 Å². The van der Waals surface area contributed by atoms with Crippen molar-refractivity contribution in [2.45, 2.75) is 77.1 Å². The van der Waals surface area contributed by atoms with Gasteiger partial charge in [-0.3, -0.25) is 14.4 Å². The number of likely N-dealkylation sites (tertiary alicyclic amines) is 1. The Kier molecular flexibility index (Phi) is 11.9. The maximum Gasteiger partial charge on any atom is 0.320 e. The van der Waals surface area contributed by atoms with E-state index in [1.54, 1.807) is 12.0 Å². The summed E-state index contributed by atoms with van der Waals surface area (Å²) in [6.45, 7) is 3.37. The van der Waals surface area contributed by atoms with Gasteiger partial charge in [-0.15, -0.1) is 0 Å². The van der Waals surface area contributed by atoms with E-state index in [-0.39, 0.29) is 31.3 Å². The van der Waals surface area contributed by atoms with Crippen molar-refractivity contribution in [3.05, 3.63) is 89.1 Å². The maximum atomic E-state index is 14.3. The molecule has 2 heterocycles. The zero-order valence-corrected chi connectivity index (χ0v) is 27.9. The molecule has 0 radical (unpaired) electrons. The minimum Gasteiger partial charge on any atom is -0.496 e. The average molecular weight is 645 g/mol. The largest absolute Gasteiger partial charge is 0.496 e. The van der Waals surface area contributed by atoms with E-state index < -0.39 is 29.5 Å². The van der Waals surface area contributed by atoms with Crippen LogP contribution in [0.3, 0.4) is 0 Å². The van der Waals surface area contributed by atoms with Crippen molar-refractivity contribution >= 4 is 17.8 Å². The van der Waals surface area contributed by atoms with Crippen LogP contribution in [-0.4, -0.2) is 68.8 Å². The van der Waals surface area contributed by atoms with Gasteiger partial charge in [0.25, 0.3) is 0 Å². The van der Waals surface area contributed by atoms with Crippen molar-refractivity contribution in [2.75, 3.05) is 33.9 Å². The molecule has 0 bridgehead atoms. The molecule has 4 atom stereocenters. The third-order valence-electron chi connectivity index (χ3n) is 9.67. The number of para-hydroxylation sites is 1. The molecule has 252 valence electrons. The van der Waals surface area contributed by atoms with Crippen LogP contribution in [0.25, 0.3) is 0 Å². The predicted molar refractivity (Wildman–Crippen MR) is 178 cm³/mol. The monoisotopic (exact) mass is 644 g/mol. The van der Waals surface area contributed by atoms with Crippen LogP contribution in [0.2, 0.25) is 0 Å². The summed E-state index contributed by atoms with van der Waals surface area (Å²) in [6, 6.07) is 17.6. The molecule has 1 aliphatic carbocycles. The first-order valence-electron chi connectivity index (χ1n) is 16.8. The molecular formula is C38H48N2O7. The van der Waals surface area contributed by atoms with Gasteiger partial charge in [-0.25, -0.2) is 0 Å². The Morgan fingerprint density at radius 1 is 1.04 bits per heavy atom. The van der Waals surface area contributed by atoms with Crippen molar-refractivity contribution in [3.8, 4) is 5.75 Å². The minimum atomic E-state index is -1.23. The van der Waals surface area contributed by atoms with Gasteiger partial charge >= 0.3 is 5.97 Å². The number of nitrogens with zero attached hydrogens (tertiary/aromatic N) is 1. The number of hydrogen-bond acceptors (Lipinski definition) is 7.